The number of hydrogen-bond acceptors (Lipinski definition) is 3. The number of carbonyl (C=O) groups is 1. The van der Waals surface area contributed by atoms with Gasteiger partial charge in [-0.2, -0.15) is 0 Å². The maximum absolute atomic E-state index is 12.6. The van der Waals surface area contributed by atoms with Crippen LogP contribution in [0.15, 0.2) is 67.3 Å². The fraction of sp³-hybridized carbons (Fsp3) is 0.118. The molecule has 2 N–H and O–H groups in total. The minimum Gasteiger partial charge on any atom is -0.323 e. The van der Waals surface area contributed by atoms with Crippen molar-refractivity contribution in [3.05, 3.63) is 72.8 Å². The second-order valence-corrected chi connectivity index (χ2v) is 5.00. The van der Waals surface area contributed by atoms with Gasteiger partial charge in [0.25, 0.3) is 5.91 Å². The zero-order valence-corrected chi connectivity index (χ0v) is 11.5. The van der Waals surface area contributed by atoms with E-state index in [2.05, 4.69) is 11.9 Å². The highest BCUT2D eigenvalue weighted by Crippen LogP contribution is 2.44. The zero-order valence-electron chi connectivity index (χ0n) is 11.5. The summed E-state index contributed by atoms with van der Waals surface area (Å²) in [5, 5.41) is 14.6. The van der Waals surface area contributed by atoms with Gasteiger partial charge < -0.3 is 5.32 Å². The van der Waals surface area contributed by atoms with Crippen molar-refractivity contribution in [3.8, 4) is 0 Å². The lowest BCUT2D eigenvalue weighted by Gasteiger charge is -2.35. The van der Waals surface area contributed by atoms with Gasteiger partial charge in [0.15, 0.2) is 5.54 Å². The summed E-state index contributed by atoms with van der Waals surface area (Å²) in [6.07, 6.45) is 1.95. The van der Waals surface area contributed by atoms with Gasteiger partial charge in [-0.1, -0.05) is 42.5 Å². The molecule has 106 valence electrons. The smallest absolute Gasteiger partial charge is 0.257 e. The van der Waals surface area contributed by atoms with Crippen molar-refractivity contribution in [3.63, 3.8) is 0 Å². The number of nitrogens with zero attached hydrogens (tertiary/aromatic N) is 1. The molecular weight excluding hydrogens is 264 g/mol. The van der Waals surface area contributed by atoms with E-state index in [0.29, 0.717) is 12.1 Å². The minimum atomic E-state index is -1.18. The lowest BCUT2D eigenvalue weighted by atomic mass is 9.87. The normalized spacial score (nSPS) is 19.8. The Morgan fingerprint density at radius 3 is 2.52 bits per heavy atom. The van der Waals surface area contributed by atoms with Gasteiger partial charge in [0.2, 0.25) is 0 Å². The average molecular weight is 280 g/mol. The van der Waals surface area contributed by atoms with Crippen molar-refractivity contribution >= 4 is 17.3 Å². The topological polar surface area (TPSA) is 52.6 Å². The monoisotopic (exact) mass is 280 g/mol. The molecule has 4 nitrogen and oxygen atoms in total. The summed E-state index contributed by atoms with van der Waals surface area (Å²) in [6.45, 7) is 3.73. The molecule has 0 fully saturated rings. The van der Waals surface area contributed by atoms with E-state index in [1.54, 1.807) is 18.2 Å². The highest BCUT2D eigenvalue weighted by molar-refractivity contribution is 6.07. The molecule has 1 aliphatic rings. The van der Waals surface area contributed by atoms with Crippen LogP contribution in [0.5, 0.6) is 0 Å². The number of amides is 1. The van der Waals surface area contributed by atoms with Crippen molar-refractivity contribution in [1.82, 2.24) is 0 Å². The molecule has 1 heterocycles. The van der Waals surface area contributed by atoms with Gasteiger partial charge in [-0.05, 0) is 18.2 Å². The molecule has 0 spiro atoms. The number of fused-ring (bicyclic) bond motifs is 1. The molecule has 4 heteroatoms. The predicted octanol–water partition coefficient (Wildman–Crippen LogP) is 3.31. The number of para-hydroxylation sites is 2. The van der Waals surface area contributed by atoms with E-state index in [9.17, 15) is 10.0 Å². The van der Waals surface area contributed by atoms with Crippen LogP contribution in [0.2, 0.25) is 0 Å². The van der Waals surface area contributed by atoms with Crippen molar-refractivity contribution in [2.75, 3.05) is 10.4 Å². The third kappa shape index (κ3) is 1.92. The molecule has 0 aliphatic carbocycles. The van der Waals surface area contributed by atoms with Gasteiger partial charge in [0, 0.05) is 17.7 Å². The van der Waals surface area contributed by atoms with Crippen LogP contribution in [0.4, 0.5) is 11.4 Å². The number of hydrogen-bond donors (Lipinski definition) is 2. The Bertz CT molecular complexity index is 684. The van der Waals surface area contributed by atoms with Gasteiger partial charge in [0.1, 0.15) is 0 Å². The first-order valence-electron chi connectivity index (χ1n) is 6.76. The predicted molar refractivity (Wildman–Crippen MR) is 82.3 cm³/mol. The third-order valence-corrected chi connectivity index (χ3v) is 3.80. The quantitative estimate of drug-likeness (QED) is 0.667. The minimum absolute atomic E-state index is 0.255. The molecule has 2 aromatic rings. The highest BCUT2D eigenvalue weighted by Gasteiger charge is 2.50. The number of rotatable bonds is 4. The van der Waals surface area contributed by atoms with E-state index >= 15 is 0 Å². The molecule has 1 aliphatic heterocycles. The van der Waals surface area contributed by atoms with Crippen LogP contribution < -0.4 is 10.4 Å². The van der Waals surface area contributed by atoms with Gasteiger partial charge in [-0.3, -0.25) is 10.0 Å². The van der Waals surface area contributed by atoms with Crippen molar-refractivity contribution in [2.24, 2.45) is 0 Å². The first kappa shape index (κ1) is 13.4. The fourth-order valence-corrected chi connectivity index (χ4v) is 2.80. The first-order chi connectivity index (χ1) is 10.2. The first-order valence-corrected chi connectivity index (χ1v) is 6.76. The maximum atomic E-state index is 12.6. The summed E-state index contributed by atoms with van der Waals surface area (Å²) in [6, 6.07) is 16.4. The molecule has 0 radical (unpaired) electrons. The molecule has 3 rings (SSSR count). The lowest BCUT2D eigenvalue weighted by Crippen LogP contribution is -2.49. The second-order valence-electron chi connectivity index (χ2n) is 5.00. The molecule has 0 unspecified atom stereocenters. The number of carbonyl (C=O) groups excluding carboxylic acids is 1. The van der Waals surface area contributed by atoms with Crippen LogP contribution >= 0.6 is 0 Å². The van der Waals surface area contributed by atoms with E-state index in [0.717, 1.165) is 16.3 Å². The summed E-state index contributed by atoms with van der Waals surface area (Å²) in [5.74, 6) is -0.255. The van der Waals surface area contributed by atoms with E-state index in [1.165, 1.54) is 0 Å². The van der Waals surface area contributed by atoms with Crippen LogP contribution in [0.3, 0.4) is 0 Å². The molecule has 21 heavy (non-hydrogen) atoms. The molecule has 2 aromatic carbocycles. The fourth-order valence-electron chi connectivity index (χ4n) is 2.80. The summed E-state index contributed by atoms with van der Waals surface area (Å²) < 4.78 is 0. The summed E-state index contributed by atoms with van der Waals surface area (Å²) >= 11 is 0. The van der Waals surface area contributed by atoms with Crippen molar-refractivity contribution < 1.29 is 10.0 Å². The molecule has 0 saturated carbocycles. The second kappa shape index (κ2) is 5.07. The standard InChI is InChI=1S/C17H16N2O2/c1-2-12-17(19(21)13-8-4-3-5-9-13)14-10-6-7-11-15(14)18-16(17)20/h2-11,21H,1,12H2,(H,18,20)/t17-/m1/s1. The van der Waals surface area contributed by atoms with E-state index < -0.39 is 5.54 Å². The van der Waals surface area contributed by atoms with Crippen LogP contribution in [0, 0.1) is 0 Å². The van der Waals surface area contributed by atoms with E-state index in [-0.39, 0.29) is 5.91 Å². The van der Waals surface area contributed by atoms with E-state index in [4.69, 9.17) is 0 Å². The molecular formula is C17H16N2O2. The molecule has 0 aromatic heterocycles. The average Bonchev–Trinajstić information content (AvgIpc) is 2.81. The van der Waals surface area contributed by atoms with Gasteiger partial charge in [0.05, 0.1) is 5.69 Å². The summed E-state index contributed by atoms with van der Waals surface area (Å²) in [4.78, 5) is 12.6. The van der Waals surface area contributed by atoms with Crippen LogP contribution in [0.1, 0.15) is 12.0 Å². The number of nitrogens with one attached hydrogen (secondary N) is 1. The maximum Gasteiger partial charge on any atom is 0.257 e. The molecule has 0 saturated heterocycles. The Labute approximate surface area is 123 Å². The van der Waals surface area contributed by atoms with Crippen LogP contribution in [-0.2, 0) is 10.3 Å². The highest BCUT2D eigenvalue weighted by atomic mass is 16.5. The summed E-state index contributed by atoms with van der Waals surface area (Å²) in [7, 11) is 0. The SMILES string of the molecule is C=CC[C@]1(N(O)c2ccccc2)C(=O)Nc2ccccc21. The Balaban J connectivity index is 2.17. The summed E-state index contributed by atoms with van der Waals surface area (Å²) in [5.41, 5.74) is 0.853. The molecule has 1 amide bonds. The Morgan fingerprint density at radius 2 is 1.81 bits per heavy atom. The number of benzene rings is 2. The van der Waals surface area contributed by atoms with E-state index in [1.807, 2.05) is 42.5 Å². The van der Waals surface area contributed by atoms with Gasteiger partial charge >= 0.3 is 0 Å². The van der Waals surface area contributed by atoms with Crippen LogP contribution in [-0.4, -0.2) is 11.1 Å². The lowest BCUT2D eigenvalue weighted by molar-refractivity contribution is -0.123. The Kier molecular flexibility index (Phi) is 3.23. The molecule has 0 bridgehead atoms. The number of anilines is 2. The largest absolute Gasteiger partial charge is 0.323 e. The zero-order chi connectivity index (χ0) is 14.9. The van der Waals surface area contributed by atoms with Gasteiger partial charge in [-0.15, -0.1) is 6.58 Å². The Hall–Kier alpha value is -2.59. The van der Waals surface area contributed by atoms with Crippen molar-refractivity contribution in [2.45, 2.75) is 12.0 Å². The van der Waals surface area contributed by atoms with Crippen molar-refractivity contribution in [1.29, 1.82) is 0 Å². The third-order valence-electron chi connectivity index (χ3n) is 3.80. The van der Waals surface area contributed by atoms with Gasteiger partial charge in [-0.25, -0.2) is 5.06 Å². The number of hydroxylamine groups is 1. The molecule has 1 atom stereocenters. The Morgan fingerprint density at radius 1 is 1.14 bits per heavy atom. The van der Waals surface area contributed by atoms with Crippen LogP contribution in [0.25, 0.3) is 0 Å².